The van der Waals surface area contributed by atoms with Crippen LogP contribution in [0.1, 0.15) is 25.7 Å². The monoisotopic (exact) mass is 501 g/mol. The Bertz CT molecular complexity index is 1780. The number of rotatable bonds is 5. The van der Waals surface area contributed by atoms with Crippen molar-refractivity contribution < 1.29 is 4.79 Å². The van der Waals surface area contributed by atoms with E-state index < -0.39 is 0 Å². The van der Waals surface area contributed by atoms with Crippen LogP contribution < -0.4 is 5.32 Å². The first-order valence-corrected chi connectivity index (χ1v) is 12.6. The van der Waals surface area contributed by atoms with Crippen molar-refractivity contribution in [2.24, 2.45) is 5.92 Å². The van der Waals surface area contributed by atoms with Gasteiger partial charge in [-0.2, -0.15) is 5.10 Å². The maximum atomic E-state index is 12.6. The van der Waals surface area contributed by atoms with Gasteiger partial charge in [0.2, 0.25) is 5.91 Å². The lowest BCUT2D eigenvalue weighted by Crippen LogP contribution is -2.20. The molecule has 3 N–H and O–H groups in total. The van der Waals surface area contributed by atoms with Gasteiger partial charge in [0.15, 0.2) is 11.5 Å². The number of aromatic nitrogens is 8. The maximum absolute atomic E-state index is 12.6. The minimum atomic E-state index is 0.0625. The Hall–Kier alpha value is -4.99. The Kier molecular flexibility index (Phi) is 5.35. The van der Waals surface area contributed by atoms with Gasteiger partial charge in [0.25, 0.3) is 0 Å². The normalized spacial score (nSPS) is 13.9. The van der Waals surface area contributed by atoms with E-state index in [-0.39, 0.29) is 11.8 Å². The number of nitrogens with zero attached hydrogens (tertiary/aromatic N) is 6. The first-order chi connectivity index (χ1) is 18.7. The molecule has 1 aliphatic rings. The zero-order chi connectivity index (χ0) is 25.5. The van der Waals surface area contributed by atoms with Gasteiger partial charge in [-0.25, -0.2) is 9.97 Å². The number of imidazole rings is 1. The van der Waals surface area contributed by atoms with Crippen LogP contribution in [0.15, 0.2) is 67.4 Å². The smallest absolute Gasteiger partial charge is 0.227 e. The van der Waals surface area contributed by atoms with Crippen molar-refractivity contribution in [3.8, 4) is 34.0 Å². The van der Waals surface area contributed by atoms with Gasteiger partial charge in [-0.1, -0.05) is 12.8 Å². The summed E-state index contributed by atoms with van der Waals surface area (Å²) in [6, 6.07) is 11.5. The predicted molar refractivity (Wildman–Crippen MR) is 144 cm³/mol. The minimum Gasteiger partial charge on any atom is -0.336 e. The fourth-order valence-electron chi connectivity index (χ4n) is 5.07. The maximum Gasteiger partial charge on any atom is 0.227 e. The van der Waals surface area contributed by atoms with Crippen LogP contribution in [-0.4, -0.2) is 46.0 Å². The van der Waals surface area contributed by atoms with Crippen molar-refractivity contribution in [1.29, 1.82) is 0 Å². The first kappa shape index (κ1) is 22.2. The molecule has 6 heterocycles. The molecule has 0 atom stereocenters. The number of hydrogen-bond donors (Lipinski definition) is 3. The van der Waals surface area contributed by atoms with E-state index in [4.69, 9.17) is 9.97 Å². The van der Waals surface area contributed by atoms with Crippen molar-refractivity contribution in [3.63, 3.8) is 0 Å². The van der Waals surface area contributed by atoms with Crippen LogP contribution in [0.4, 0.5) is 5.69 Å². The van der Waals surface area contributed by atoms with E-state index in [2.05, 4.69) is 35.5 Å². The number of carbonyl (C=O) groups is 1. The Morgan fingerprint density at radius 1 is 0.842 bits per heavy atom. The third-order valence-electron chi connectivity index (χ3n) is 7.01. The highest BCUT2D eigenvalue weighted by atomic mass is 16.1. The van der Waals surface area contributed by atoms with Gasteiger partial charge >= 0.3 is 0 Å². The molecule has 1 amide bonds. The fraction of sp³-hybridized carbons (Fsp3) is 0.179. The number of amides is 1. The van der Waals surface area contributed by atoms with Gasteiger partial charge in [0, 0.05) is 41.8 Å². The summed E-state index contributed by atoms with van der Waals surface area (Å²) in [5, 5.41) is 10.6. The van der Waals surface area contributed by atoms with Crippen molar-refractivity contribution in [1.82, 2.24) is 40.1 Å². The average Bonchev–Trinajstić information content (AvgIpc) is 3.73. The Balaban J connectivity index is 1.25. The molecule has 0 saturated heterocycles. The topological polar surface area (TPSA) is 138 Å². The van der Waals surface area contributed by atoms with Gasteiger partial charge in [0.05, 0.1) is 34.3 Å². The highest BCUT2D eigenvalue weighted by Crippen LogP contribution is 2.31. The average molecular weight is 502 g/mol. The zero-order valence-electron chi connectivity index (χ0n) is 20.3. The summed E-state index contributed by atoms with van der Waals surface area (Å²) in [5.74, 6) is 0.738. The molecule has 7 rings (SSSR count). The fourth-order valence-corrected chi connectivity index (χ4v) is 5.07. The summed E-state index contributed by atoms with van der Waals surface area (Å²) < 4.78 is 0. The molecule has 186 valence electrons. The molecule has 0 unspecified atom stereocenters. The molecule has 10 nitrogen and oxygen atoms in total. The standard InChI is InChI=1S/C28H23N9O/c38-28(17-3-1-2-4-17)32-19-13-18(14-30-15-19)20-5-6-22-25(33-20)26(37-36-22)27-34-21-9-12-31-23(24(21)35-27)16-7-10-29-11-8-16/h5-15,17H,1-4H2,(H,32,38)(H,34,35)(H,36,37). The Morgan fingerprint density at radius 3 is 2.55 bits per heavy atom. The largest absolute Gasteiger partial charge is 0.336 e. The number of pyridine rings is 4. The summed E-state index contributed by atoms with van der Waals surface area (Å²) in [5.41, 5.74) is 7.57. The molecule has 0 spiro atoms. The van der Waals surface area contributed by atoms with E-state index in [9.17, 15) is 4.79 Å². The van der Waals surface area contributed by atoms with Gasteiger partial charge < -0.3 is 10.3 Å². The minimum absolute atomic E-state index is 0.0625. The van der Waals surface area contributed by atoms with Crippen LogP contribution in [-0.2, 0) is 4.79 Å². The molecule has 38 heavy (non-hydrogen) atoms. The van der Waals surface area contributed by atoms with Crippen LogP contribution in [0.3, 0.4) is 0 Å². The van der Waals surface area contributed by atoms with Crippen LogP contribution in [0, 0.1) is 5.92 Å². The second-order valence-corrected chi connectivity index (χ2v) is 9.47. The number of H-pyrrole nitrogens is 2. The lowest BCUT2D eigenvalue weighted by Gasteiger charge is -2.11. The van der Waals surface area contributed by atoms with Crippen molar-refractivity contribution in [2.45, 2.75) is 25.7 Å². The predicted octanol–water partition coefficient (Wildman–Crippen LogP) is 5.15. The molecule has 1 saturated carbocycles. The number of anilines is 1. The molecule has 1 fully saturated rings. The molecule has 0 aliphatic heterocycles. The molecule has 10 heteroatoms. The zero-order valence-corrected chi connectivity index (χ0v) is 20.3. The lowest BCUT2D eigenvalue weighted by atomic mass is 10.1. The molecular formula is C28H23N9O. The van der Waals surface area contributed by atoms with E-state index in [0.29, 0.717) is 22.7 Å². The number of aromatic amines is 2. The molecule has 6 aromatic rings. The molecule has 1 aliphatic carbocycles. The van der Waals surface area contributed by atoms with E-state index in [1.165, 1.54) is 0 Å². The highest BCUT2D eigenvalue weighted by molar-refractivity contribution is 5.95. The van der Waals surface area contributed by atoms with Crippen LogP contribution >= 0.6 is 0 Å². The number of nitrogens with one attached hydrogen (secondary N) is 3. The van der Waals surface area contributed by atoms with E-state index >= 15 is 0 Å². The second-order valence-electron chi connectivity index (χ2n) is 9.47. The summed E-state index contributed by atoms with van der Waals surface area (Å²) in [6.07, 6.45) is 12.8. The summed E-state index contributed by atoms with van der Waals surface area (Å²) >= 11 is 0. The lowest BCUT2D eigenvalue weighted by molar-refractivity contribution is -0.119. The summed E-state index contributed by atoms with van der Waals surface area (Å²) in [4.78, 5) is 38.7. The summed E-state index contributed by atoms with van der Waals surface area (Å²) in [6.45, 7) is 0. The Labute approximate surface area is 217 Å². The molecular weight excluding hydrogens is 478 g/mol. The van der Waals surface area contributed by atoms with Crippen LogP contribution in [0.5, 0.6) is 0 Å². The third kappa shape index (κ3) is 3.96. The molecule has 6 aromatic heterocycles. The second kappa shape index (κ2) is 9.15. The van der Waals surface area contributed by atoms with E-state index in [0.717, 1.165) is 64.7 Å². The SMILES string of the molecule is O=C(Nc1cncc(-c2ccc3[nH]nc(-c4nc5c(-c6ccncc6)nccc5[nH]4)c3n2)c1)C1CCCC1. The van der Waals surface area contributed by atoms with Crippen molar-refractivity contribution in [2.75, 3.05) is 5.32 Å². The van der Waals surface area contributed by atoms with Gasteiger partial charge in [-0.3, -0.25) is 24.8 Å². The quantitative estimate of drug-likeness (QED) is 0.297. The molecule has 0 bridgehead atoms. The van der Waals surface area contributed by atoms with Crippen LogP contribution in [0.2, 0.25) is 0 Å². The summed E-state index contributed by atoms with van der Waals surface area (Å²) in [7, 11) is 0. The number of hydrogen-bond acceptors (Lipinski definition) is 7. The van der Waals surface area contributed by atoms with Gasteiger partial charge in [-0.05, 0) is 49.2 Å². The Morgan fingerprint density at radius 2 is 1.68 bits per heavy atom. The molecule has 0 radical (unpaired) electrons. The van der Waals surface area contributed by atoms with E-state index in [1.807, 2.05) is 36.4 Å². The highest BCUT2D eigenvalue weighted by Gasteiger charge is 2.23. The first-order valence-electron chi connectivity index (χ1n) is 12.6. The van der Waals surface area contributed by atoms with E-state index in [1.54, 1.807) is 31.0 Å². The number of fused-ring (bicyclic) bond motifs is 2. The van der Waals surface area contributed by atoms with Crippen molar-refractivity contribution in [3.05, 3.63) is 67.4 Å². The van der Waals surface area contributed by atoms with Gasteiger partial charge in [0.1, 0.15) is 11.0 Å². The van der Waals surface area contributed by atoms with Crippen LogP contribution in [0.25, 0.3) is 56.1 Å². The van der Waals surface area contributed by atoms with Gasteiger partial charge in [-0.15, -0.1) is 0 Å². The van der Waals surface area contributed by atoms with Crippen molar-refractivity contribution >= 4 is 33.7 Å². The third-order valence-corrected chi connectivity index (χ3v) is 7.01. The number of carbonyl (C=O) groups excluding carboxylic acids is 1. The molecule has 0 aromatic carbocycles.